The van der Waals surface area contributed by atoms with Crippen LogP contribution < -0.4 is 0 Å². The van der Waals surface area contributed by atoms with Gasteiger partial charge in [0.15, 0.2) is 0 Å². The molecule has 1 N–H and O–H groups in total. The quantitative estimate of drug-likeness (QED) is 0.292. The highest BCUT2D eigenvalue weighted by Gasteiger charge is 2.74. The lowest BCUT2D eigenvalue weighted by Crippen LogP contribution is -2.66. The summed E-state index contributed by atoms with van der Waals surface area (Å²) in [6, 6.07) is 10.1. The molecular formula is C37H54O4. The van der Waals surface area contributed by atoms with E-state index in [1.807, 2.05) is 30.3 Å². The third kappa shape index (κ3) is 3.81. The number of fused-ring (bicyclic) bond motifs is 7. The smallest absolute Gasteiger partial charge is 0.312 e. The molecule has 5 aliphatic carbocycles. The number of carbonyl (C=O) groups excluding carboxylic acids is 1. The van der Waals surface area contributed by atoms with Gasteiger partial charge in [0.25, 0.3) is 0 Å². The van der Waals surface area contributed by atoms with E-state index < -0.39 is 11.0 Å². The molecule has 226 valence electrons. The lowest BCUT2D eigenvalue weighted by atomic mass is 9.32. The zero-order valence-electron chi connectivity index (χ0n) is 26.3. The number of rotatable bonds is 5. The first-order chi connectivity index (χ1) is 19.5. The molecule has 1 aromatic carbocycles. The van der Waals surface area contributed by atoms with Gasteiger partial charge in [-0.25, -0.2) is 0 Å². The van der Waals surface area contributed by atoms with Crippen molar-refractivity contribution in [3.8, 4) is 0 Å². The molecule has 0 amide bonds. The third-order valence-electron chi connectivity index (χ3n) is 15.3. The Hall–Kier alpha value is -1.39. The highest BCUT2D eigenvalue weighted by Crippen LogP contribution is 2.78. The van der Waals surface area contributed by atoms with E-state index in [0.717, 1.165) is 43.1 Å². The second kappa shape index (κ2) is 9.31. The van der Waals surface area contributed by atoms with Gasteiger partial charge in [0.1, 0.15) is 12.2 Å². The number of esters is 1. The van der Waals surface area contributed by atoms with E-state index in [2.05, 4.69) is 34.6 Å². The summed E-state index contributed by atoms with van der Waals surface area (Å²) >= 11 is 0. The number of hydrogen-bond acceptors (Lipinski definition) is 4. The first-order valence-electron chi connectivity index (χ1n) is 16.9. The lowest BCUT2D eigenvalue weighted by molar-refractivity contribution is -0.241. The van der Waals surface area contributed by atoms with Crippen molar-refractivity contribution < 1.29 is 19.4 Å². The summed E-state index contributed by atoms with van der Waals surface area (Å²) in [5.41, 5.74) is 1.46. The third-order valence-corrected chi connectivity index (χ3v) is 15.3. The highest BCUT2D eigenvalue weighted by molar-refractivity contribution is 5.78. The van der Waals surface area contributed by atoms with Crippen LogP contribution in [0, 0.1) is 56.7 Å². The molecule has 41 heavy (non-hydrogen) atoms. The van der Waals surface area contributed by atoms with E-state index in [-0.39, 0.29) is 35.2 Å². The molecule has 1 aromatic rings. The molecule has 1 aliphatic heterocycles. The van der Waals surface area contributed by atoms with Crippen molar-refractivity contribution in [1.82, 2.24) is 0 Å². The Morgan fingerprint density at radius 2 is 1.61 bits per heavy atom. The predicted octanol–water partition coefficient (Wildman–Crippen LogP) is 7.96. The molecule has 1 heterocycles. The summed E-state index contributed by atoms with van der Waals surface area (Å²) < 4.78 is 12.3. The van der Waals surface area contributed by atoms with Crippen LogP contribution in [0.5, 0.6) is 0 Å². The topological polar surface area (TPSA) is 59.1 Å². The van der Waals surface area contributed by atoms with Crippen molar-refractivity contribution in [2.45, 2.75) is 117 Å². The van der Waals surface area contributed by atoms with Gasteiger partial charge in [-0.1, -0.05) is 71.4 Å². The van der Waals surface area contributed by atoms with Crippen LogP contribution in [0.4, 0.5) is 0 Å². The molecule has 6 aliphatic rings. The normalized spacial score (nSPS) is 49.7. The van der Waals surface area contributed by atoms with E-state index >= 15 is 0 Å². The summed E-state index contributed by atoms with van der Waals surface area (Å²) in [5.74, 6) is 2.51. The Bertz CT molecular complexity index is 1170. The van der Waals surface area contributed by atoms with Crippen LogP contribution >= 0.6 is 0 Å². The number of aliphatic hydroxyl groups excluding tert-OH is 1. The molecule has 4 heteroatoms. The summed E-state index contributed by atoms with van der Waals surface area (Å²) in [7, 11) is 0. The molecule has 0 spiro atoms. The first kappa shape index (κ1) is 28.4. The van der Waals surface area contributed by atoms with E-state index in [9.17, 15) is 9.90 Å². The maximum absolute atomic E-state index is 14.3. The number of carbonyl (C=O) groups is 1. The number of ether oxygens (including phenoxy) is 2. The minimum absolute atomic E-state index is 0.0154. The van der Waals surface area contributed by atoms with Crippen molar-refractivity contribution in [2.75, 3.05) is 13.2 Å². The van der Waals surface area contributed by atoms with Crippen molar-refractivity contribution >= 4 is 5.97 Å². The predicted molar refractivity (Wildman–Crippen MR) is 161 cm³/mol. The second-order valence-electron chi connectivity index (χ2n) is 16.9. The Morgan fingerprint density at radius 3 is 2.32 bits per heavy atom. The van der Waals surface area contributed by atoms with Crippen LogP contribution in [0.1, 0.15) is 111 Å². The van der Waals surface area contributed by atoms with E-state index in [4.69, 9.17) is 9.47 Å². The van der Waals surface area contributed by atoms with Gasteiger partial charge in [-0.05, 0) is 121 Å². The molecule has 0 radical (unpaired) electrons. The van der Waals surface area contributed by atoms with Gasteiger partial charge in [0, 0.05) is 0 Å². The minimum atomic E-state index is -0.450. The standard InChI is InChI=1S/C37H54O4/c1-32(2)16-9-17-33(3)28(32)15-18-35(5)29(33)13-12-26-30-27(37(23-38)24-41-37)14-19-36(30,21-20-34(26,35)4)31(39)40-22-25-10-7-6-8-11-25/h6-8,10-11,26-30,38H,9,12-24H2,1-5H3/t26?,27-,28?,29?,30?,33+,34-,35-,36+,37?/m1/s1. The lowest BCUT2D eigenvalue weighted by Gasteiger charge is -2.72. The minimum Gasteiger partial charge on any atom is -0.460 e. The number of epoxide rings is 1. The van der Waals surface area contributed by atoms with Crippen molar-refractivity contribution in [1.29, 1.82) is 0 Å². The number of benzene rings is 1. The zero-order valence-corrected chi connectivity index (χ0v) is 26.3. The highest BCUT2D eigenvalue weighted by atomic mass is 16.6. The van der Waals surface area contributed by atoms with Gasteiger partial charge in [0.05, 0.1) is 18.6 Å². The van der Waals surface area contributed by atoms with Crippen LogP contribution in [-0.2, 0) is 20.9 Å². The van der Waals surface area contributed by atoms with Crippen LogP contribution in [0.15, 0.2) is 30.3 Å². The van der Waals surface area contributed by atoms with Gasteiger partial charge in [-0.2, -0.15) is 0 Å². The molecule has 1 saturated heterocycles. The fourth-order valence-corrected chi connectivity index (χ4v) is 13.0. The molecule has 0 bridgehead atoms. The number of hydrogen-bond donors (Lipinski definition) is 1. The molecule has 10 atom stereocenters. The molecule has 4 nitrogen and oxygen atoms in total. The van der Waals surface area contributed by atoms with Crippen LogP contribution in [0.2, 0.25) is 0 Å². The molecule has 5 unspecified atom stereocenters. The Labute approximate surface area is 248 Å². The Balaban J connectivity index is 1.24. The first-order valence-corrected chi connectivity index (χ1v) is 16.9. The summed E-state index contributed by atoms with van der Waals surface area (Å²) in [5, 5.41) is 10.6. The Morgan fingerprint density at radius 1 is 0.854 bits per heavy atom. The van der Waals surface area contributed by atoms with E-state index in [0.29, 0.717) is 30.0 Å². The second-order valence-corrected chi connectivity index (χ2v) is 16.9. The largest absolute Gasteiger partial charge is 0.460 e. The summed E-state index contributed by atoms with van der Waals surface area (Å²) in [4.78, 5) is 14.3. The van der Waals surface area contributed by atoms with Gasteiger partial charge >= 0.3 is 5.97 Å². The maximum Gasteiger partial charge on any atom is 0.312 e. The average molecular weight is 563 g/mol. The molecule has 5 saturated carbocycles. The van der Waals surface area contributed by atoms with Gasteiger partial charge in [-0.15, -0.1) is 0 Å². The van der Waals surface area contributed by atoms with Crippen molar-refractivity contribution in [3.63, 3.8) is 0 Å². The molecule has 7 rings (SSSR count). The molecular weight excluding hydrogens is 508 g/mol. The average Bonchev–Trinajstić information content (AvgIpc) is 3.64. The van der Waals surface area contributed by atoms with E-state index in [1.54, 1.807) is 0 Å². The maximum atomic E-state index is 14.3. The van der Waals surface area contributed by atoms with Crippen LogP contribution in [-0.4, -0.2) is 29.9 Å². The fraction of sp³-hybridized carbons (Fsp3) is 0.811. The van der Waals surface area contributed by atoms with Crippen LogP contribution in [0.25, 0.3) is 0 Å². The SMILES string of the molecule is CC1(C)CCC[C@@]2(C)C1CC[C@]1(C)C2CCC2C3[C@H](C4(CO)CO4)CC[C@]3(C(=O)OCc3ccccc3)CC[C@]21C. The molecule has 6 fully saturated rings. The summed E-state index contributed by atoms with van der Waals surface area (Å²) in [6.45, 7) is 14.1. The monoisotopic (exact) mass is 562 g/mol. The van der Waals surface area contributed by atoms with E-state index in [1.165, 1.54) is 44.9 Å². The molecule has 0 aromatic heterocycles. The summed E-state index contributed by atoms with van der Waals surface area (Å²) in [6.07, 6.45) is 13.2. The van der Waals surface area contributed by atoms with Gasteiger partial charge < -0.3 is 14.6 Å². The Kier molecular flexibility index (Phi) is 6.44. The van der Waals surface area contributed by atoms with Gasteiger partial charge in [0.2, 0.25) is 0 Å². The van der Waals surface area contributed by atoms with Crippen LogP contribution in [0.3, 0.4) is 0 Å². The zero-order chi connectivity index (χ0) is 28.9. The fourth-order valence-electron chi connectivity index (χ4n) is 13.0. The number of aliphatic hydroxyl groups is 1. The van der Waals surface area contributed by atoms with Crippen molar-refractivity contribution in [2.24, 2.45) is 56.7 Å². The van der Waals surface area contributed by atoms with Crippen molar-refractivity contribution in [3.05, 3.63) is 35.9 Å². The van der Waals surface area contributed by atoms with Gasteiger partial charge in [-0.3, -0.25) is 4.79 Å².